The van der Waals surface area contributed by atoms with Crippen LogP contribution in [0.25, 0.3) is 0 Å². The van der Waals surface area contributed by atoms with Gasteiger partial charge in [0.05, 0.1) is 0 Å². The van der Waals surface area contributed by atoms with Gasteiger partial charge in [0.2, 0.25) is 0 Å². The summed E-state index contributed by atoms with van der Waals surface area (Å²) in [5, 5.41) is 11.4. The third-order valence-electron chi connectivity index (χ3n) is 3.24. The van der Waals surface area contributed by atoms with Crippen molar-refractivity contribution >= 4 is 12.0 Å². The lowest BCUT2D eigenvalue weighted by molar-refractivity contribution is -0.141. The van der Waals surface area contributed by atoms with Gasteiger partial charge in [-0.25, -0.2) is 18.4 Å². The van der Waals surface area contributed by atoms with Crippen molar-refractivity contribution in [2.45, 2.75) is 25.4 Å². The molecule has 0 bridgehead atoms. The average Bonchev–Trinajstić information content (AvgIpc) is 2.86. The van der Waals surface area contributed by atoms with E-state index in [0.717, 1.165) is 12.1 Å². The first-order valence-corrected chi connectivity index (χ1v) is 6.20. The maximum Gasteiger partial charge on any atom is 0.326 e. The fraction of sp³-hybridized carbons (Fsp3) is 0.385. The Balaban J connectivity index is 1.96. The number of benzene rings is 1. The predicted molar refractivity (Wildman–Crippen MR) is 66.0 cm³/mol. The minimum Gasteiger partial charge on any atom is -0.480 e. The Hall–Kier alpha value is -2.18. The topological polar surface area (TPSA) is 69.6 Å². The van der Waals surface area contributed by atoms with Crippen LogP contribution in [0.15, 0.2) is 18.2 Å². The van der Waals surface area contributed by atoms with E-state index in [1.165, 1.54) is 11.0 Å². The molecule has 2 N–H and O–H groups in total. The highest BCUT2D eigenvalue weighted by Gasteiger charge is 2.33. The lowest BCUT2D eigenvalue weighted by Crippen LogP contribution is -2.45. The zero-order valence-corrected chi connectivity index (χ0v) is 10.6. The Kier molecular flexibility index (Phi) is 4.16. The summed E-state index contributed by atoms with van der Waals surface area (Å²) in [4.78, 5) is 24.0. The van der Waals surface area contributed by atoms with Crippen LogP contribution >= 0.6 is 0 Å². The highest BCUT2D eigenvalue weighted by atomic mass is 19.1. The number of nitrogens with zero attached hydrogens (tertiary/aromatic N) is 1. The lowest BCUT2D eigenvalue weighted by atomic mass is 10.2. The number of aliphatic carboxylic acids is 1. The highest BCUT2D eigenvalue weighted by Crippen LogP contribution is 2.17. The fourth-order valence-electron chi connectivity index (χ4n) is 2.20. The first-order valence-electron chi connectivity index (χ1n) is 6.20. The Morgan fingerprint density at radius 1 is 1.40 bits per heavy atom. The maximum atomic E-state index is 13.4. The molecule has 1 aliphatic rings. The molecule has 1 atom stereocenters. The van der Waals surface area contributed by atoms with E-state index in [1.807, 2.05) is 0 Å². The third-order valence-corrected chi connectivity index (χ3v) is 3.24. The summed E-state index contributed by atoms with van der Waals surface area (Å²) in [5.41, 5.74) is 0.144. The van der Waals surface area contributed by atoms with E-state index in [2.05, 4.69) is 5.32 Å². The van der Waals surface area contributed by atoms with Crippen molar-refractivity contribution in [3.63, 3.8) is 0 Å². The summed E-state index contributed by atoms with van der Waals surface area (Å²) in [6.45, 7) is 0.239. The van der Waals surface area contributed by atoms with Crippen molar-refractivity contribution in [3.05, 3.63) is 35.4 Å². The number of likely N-dealkylation sites (tertiary alicyclic amines) is 1. The van der Waals surface area contributed by atoms with Crippen LogP contribution in [-0.2, 0) is 11.3 Å². The van der Waals surface area contributed by atoms with Gasteiger partial charge in [-0.3, -0.25) is 0 Å². The molecule has 1 aliphatic heterocycles. The van der Waals surface area contributed by atoms with Crippen molar-refractivity contribution in [2.24, 2.45) is 0 Å². The summed E-state index contributed by atoms with van der Waals surface area (Å²) in [5.74, 6) is -2.49. The van der Waals surface area contributed by atoms with Crippen LogP contribution < -0.4 is 5.32 Å². The molecule has 0 aromatic heterocycles. The zero-order valence-electron chi connectivity index (χ0n) is 10.6. The van der Waals surface area contributed by atoms with Crippen LogP contribution in [0.1, 0.15) is 18.4 Å². The molecule has 2 amide bonds. The van der Waals surface area contributed by atoms with Gasteiger partial charge in [-0.2, -0.15) is 0 Å². The number of halogens is 2. The van der Waals surface area contributed by atoms with Crippen molar-refractivity contribution < 1.29 is 23.5 Å². The lowest BCUT2D eigenvalue weighted by Gasteiger charge is -2.21. The highest BCUT2D eigenvalue weighted by molar-refractivity contribution is 5.83. The van der Waals surface area contributed by atoms with Gasteiger partial charge in [0.25, 0.3) is 0 Å². The minimum absolute atomic E-state index is 0.117. The first-order chi connectivity index (χ1) is 9.49. The number of urea groups is 1. The Morgan fingerprint density at radius 3 is 2.80 bits per heavy atom. The van der Waals surface area contributed by atoms with Crippen LogP contribution in [0, 0.1) is 11.6 Å². The molecule has 7 heteroatoms. The minimum atomic E-state index is -1.05. The molecule has 0 radical (unpaired) electrons. The number of hydrogen-bond acceptors (Lipinski definition) is 2. The Morgan fingerprint density at radius 2 is 2.15 bits per heavy atom. The van der Waals surface area contributed by atoms with Gasteiger partial charge in [-0.15, -0.1) is 0 Å². The predicted octanol–water partition coefficient (Wildman–Crippen LogP) is 1.72. The van der Waals surface area contributed by atoms with Crippen molar-refractivity contribution in [3.8, 4) is 0 Å². The standard InChI is InChI=1S/C13H14F2N2O3/c14-9-4-3-8(10(15)6-9)7-16-13(20)17-5-1-2-11(17)12(18)19/h3-4,6,11H,1-2,5,7H2,(H,16,20)(H,18,19)/t11-/m1/s1. The molecule has 0 aliphatic carbocycles. The molecule has 0 unspecified atom stereocenters. The summed E-state index contributed by atoms with van der Waals surface area (Å²) >= 11 is 0. The third kappa shape index (κ3) is 3.04. The molecular formula is C13H14F2N2O3. The normalized spacial score (nSPS) is 18.1. The van der Waals surface area contributed by atoms with Crippen LogP contribution in [0.2, 0.25) is 0 Å². The number of amides is 2. The average molecular weight is 284 g/mol. The van der Waals surface area contributed by atoms with E-state index in [-0.39, 0.29) is 12.1 Å². The van der Waals surface area contributed by atoms with Gasteiger partial charge >= 0.3 is 12.0 Å². The number of nitrogens with one attached hydrogen (secondary N) is 1. The maximum absolute atomic E-state index is 13.4. The van der Waals surface area contributed by atoms with Crippen LogP contribution in [0.4, 0.5) is 13.6 Å². The largest absolute Gasteiger partial charge is 0.480 e. The van der Waals surface area contributed by atoms with Crippen LogP contribution in [0.5, 0.6) is 0 Å². The van der Waals surface area contributed by atoms with E-state index >= 15 is 0 Å². The molecular weight excluding hydrogens is 270 g/mol. The number of carbonyl (C=O) groups excluding carboxylic acids is 1. The first kappa shape index (κ1) is 14.2. The van der Waals surface area contributed by atoms with Gasteiger partial charge in [0.15, 0.2) is 0 Å². The van der Waals surface area contributed by atoms with Gasteiger partial charge < -0.3 is 15.3 Å². The van der Waals surface area contributed by atoms with Crippen LogP contribution in [-0.4, -0.2) is 34.6 Å². The van der Waals surface area contributed by atoms with Gasteiger partial charge in [0.1, 0.15) is 17.7 Å². The molecule has 1 aromatic rings. The molecule has 1 saturated heterocycles. The van der Waals surface area contributed by atoms with Gasteiger partial charge in [-0.05, 0) is 18.9 Å². The van der Waals surface area contributed by atoms with Crippen molar-refractivity contribution in [2.75, 3.05) is 6.54 Å². The van der Waals surface area contributed by atoms with Crippen LogP contribution in [0.3, 0.4) is 0 Å². The number of rotatable bonds is 3. The number of carbonyl (C=O) groups is 2. The van der Waals surface area contributed by atoms with E-state index in [9.17, 15) is 18.4 Å². The number of carboxylic acids is 1. The summed E-state index contributed by atoms with van der Waals surface area (Å²) in [6.07, 6.45) is 1.03. The molecule has 5 nitrogen and oxygen atoms in total. The van der Waals surface area contributed by atoms with E-state index in [1.54, 1.807) is 0 Å². The van der Waals surface area contributed by atoms with Gasteiger partial charge in [-0.1, -0.05) is 6.07 Å². The second-order valence-electron chi connectivity index (χ2n) is 4.58. The molecule has 0 spiro atoms. The van der Waals surface area contributed by atoms with Crippen molar-refractivity contribution in [1.82, 2.24) is 10.2 Å². The summed E-state index contributed by atoms with van der Waals surface area (Å²) in [6, 6.07) is 1.67. The molecule has 1 heterocycles. The second-order valence-corrected chi connectivity index (χ2v) is 4.58. The SMILES string of the molecule is O=C(O)[C@H]1CCCN1C(=O)NCc1ccc(F)cc1F. The van der Waals surface area contributed by atoms with E-state index in [4.69, 9.17) is 5.11 Å². The molecule has 1 aromatic carbocycles. The summed E-state index contributed by atoms with van der Waals surface area (Å²) in [7, 11) is 0. The monoisotopic (exact) mass is 284 g/mol. The molecule has 108 valence electrons. The molecule has 2 rings (SSSR count). The molecule has 20 heavy (non-hydrogen) atoms. The van der Waals surface area contributed by atoms with Gasteiger partial charge in [0, 0.05) is 24.7 Å². The number of hydrogen-bond donors (Lipinski definition) is 2. The summed E-state index contributed by atoms with van der Waals surface area (Å²) < 4.78 is 26.1. The Bertz CT molecular complexity index is 536. The zero-order chi connectivity index (χ0) is 14.7. The number of carboxylic acid groups (broad SMARTS) is 1. The smallest absolute Gasteiger partial charge is 0.326 e. The second kappa shape index (κ2) is 5.85. The quantitative estimate of drug-likeness (QED) is 0.888. The van der Waals surface area contributed by atoms with E-state index in [0.29, 0.717) is 19.4 Å². The van der Waals surface area contributed by atoms with Crippen molar-refractivity contribution in [1.29, 1.82) is 0 Å². The van der Waals surface area contributed by atoms with E-state index < -0.39 is 29.7 Å². The fourth-order valence-corrected chi connectivity index (χ4v) is 2.20. The molecule has 1 fully saturated rings. The Labute approximate surface area is 114 Å². The molecule has 0 saturated carbocycles.